The van der Waals surface area contributed by atoms with Gasteiger partial charge < -0.3 is 45.1 Å². The van der Waals surface area contributed by atoms with Crippen LogP contribution in [0, 0.1) is 0 Å². The van der Waals surface area contributed by atoms with E-state index in [1.54, 1.807) is 6.08 Å². The number of aliphatic hydroxyl groups excluding tert-OH is 5. The summed E-state index contributed by atoms with van der Waals surface area (Å²) in [6, 6.07) is -1.04. The third kappa shape index (κ3) is 41.3. The highest BCUT2D eigenvalue weighted by atomic mass is 16.7. The molecule has 6 N–H and O–H groups in total. The Labute approximate surface area is 469 Å². The predicted molar refractivity (Wildman–Crippen MR) is 319 cm³/mol. The average molecular weight is 1080 g/mol. The third-order valence-electron chi connectivity index (χ3n) is 14.0. The van der Waals surface area contributed by atoms with E-state index >= 15 is 0 Å². The monoisotopic (exact) mass is 1080 g/mol. The Morgan fingerprint density at radius 3 is 1.45 bits per heavy atom. The van der Waals surface area contributed by atoms with Crippen molar-refractivity contribution in [2.24, 2.45) is 0 Å². The van der Waals surface area contributed by atoms with Crippen molar-refractivity contribution in [2.45, 2.75) is 294 Å². The Morgan fingerprint density at radius 1 is 0.519 bits per heavy atom. The standard InChI is InChI=1S/C66H113NO10/c1-4-7-10-13-16-19-22-24-25-26-27-28-29-30-31-32-33-34-36-39-41-44-47-50-53-59(70)65(74)67-57(58(69)52-49-46-43-40-38-35-23-20-17-14-11-8-5-2)56-75-66-64(63(73)62(72)60(55-68)76-66)77-61(71)54-51-48-45-42-37-21-18-15-12-9-6-3/h7,10,15-16,18-19,24-25,27-28,30-31,33-34,49,52,57-60,62-64,66,68-70,72-73H,4-6,8-9,11-14,17,20-23,26,29,32,35-48,50-51,53-56H2,1-3H3,(H,67,74)/b10-7-,18-15-,19-16-,25-24-,28-27-,31-30-,34-33-,52-49+. The van der Waals surface area contributed by atoms with Gasteiger partial charge in [-0.1, -0.05) is 240 Å². The Morgan fingerprint density at radius 2 is 0.948 bits per heavy atom. The van der Waals surface area contributed by atoms with Crippen molar-refractivity contribution < 1.29 is 49.3 Å². The maximum Gasteiger partial charge on any atom is 0.306 e. The summed E-state index contributed by atoms with van der Waals surface area (Å²) in [6.07, 6.45) is 60.2. The molecule has 8 unspecified atom stereocenters. The first-order valence-electron chi connectivity index (χ1n) is 31.0. The number of carbonyl (C=O) groups excluding carboxylic acids is 2. The van der Waals surface area contributed by atoms with Gasteiger partial charge >= 0.3 is 5.97 Å². The van der Waals surface area contributed by atoms with Crippen molar-refractivity contribution in [1.82, 2.24) is 5.32 Å². The molecule has 1 aliphatic heterocycles. The maximum atomic E-state index is 13.4. The molecular formula is C66H113NO10. The van der Waals surface area contributed by atoms with Gasteiger partial charge in [0.05, 0.1) is 25.4 Å². The molecule has 442 valence electrons. The molecule has 1 aliphatic rings. The summed E-state index contributed by atoms with van der Waals surface area (Å²) in [7, 11) is 0. The van der Waals surface area contributed by atoms with Gasteiger partial charge in [0.2, 0.25) is 5.91 Å². The molecule has 0 bridgehead atoms. The average Bonchev–Trinajstić information content (AvgIpc) is 3.43. The Balaban J connectivity index is 2.68. The minimum atomic E-state index is -1.62. The van der Waals surface area contributed by atoms with Crippen molar-refractivity contribution in [3.63, 3.8) is 0 Å². The molecule has 0 aromatic rings. The zero-order valence-electron chi connectivity index (χ0n) is 48.8. The molecule has 0 saturated carbocycles. The zero-order chi connectivity index (χ0) is 56.1. The SMILES string of the molecule is CC/C=C\C/C=C\C/C=C\C/C=C\C/C=C\C/C=C\CCCCCCCC(O)C(=O)NC(COC1OC(CO)C(O)C(O)C1OC(=O)CCCCCCC/C=C\CCCC)C(O)/C=C/CCCCCCCCCCCCC. The normalized spacial score (nSPS) is 19.7. The van der Waals surface area contributed by atoms with Crippen LogP contribution in [0.3, 0.4) is 0 Å². The van der Waals surface area contributed by atoms with E-state index in [1.165, 1.54) is 70.6 Å². The maximum absolute atomic E-state index is 13.4. The Kier molecular flexibility index (Phi) is 49.5. The number of unbranched alkanes of at least 4 members (excludes halogenated alkanes) is 23. The number of ether oxygens (including phenoxy) is 3. The van der Waals surface area contributed by atoms with Crippen LogP contribution in [-0.2, 0) is 23.8 Å². The molecule has 11 heteroatoms. The first-order valence-corrected chi connectivity index (χ1v) is 31.0. The lowest BCUT2D eigenvalue weighted by Crippen LogP contribution is -2.61. The smallest absolute Gasteiger partial charge is 0.306 e. The molecule has 0 spiro atoms. The van der Waals surface area contributed by atoms with Crippen LogP contribution in [-0.4, -0.2) is 99.6 Å². The fraction of sp³-hybridized carbons (Fsp3) is 0.727. The number of hydrogen-bond donors (Lipinski definition) is 6. The van der Waals surface area contributed by atoms with Crippen molar-refractivity contribution in [2.75, 3.05) is 13.2 Å². The minimum absolute atomic E-state index is 0.107. The van der Waals surface area contributed by atoms with Gasteiger partial charge in [-0.25, -0.2) is 0 Å². The summed E-state index contributed by atoms with van der Waals surface area (Å²) in [6.45, 7) is 5.61. The van der Waals surface area contributed by atoms with Gasteiger partial charge in [0.25, 0.3) is 0 Å². The number of hydrogen-bond acceptors (Lipinski definition) is 10. The summed E-state index contributed by atoms with van der Waals surface area (Å²) in [5, 5.41) is 56.9. The number of nitrogens with one attached hydrogen (secondary N) is 1. The van der Waals surface area contributed by atoms with Gasteiger partial charge in [-0.05, 0) is 96.3 Å². The summed E-state index contributed by atoms with van der Waals surface area (Å²) < 4.78 is 17.6. The molecule has 1 rings (SSSR count). The first-order chi connectivity index (χ1) is 37.7. The van der Waals surface area contributed by atoms with Gasteiger partial charge in [0.15, 0.2) is 12.4 Å². The van der Waals surface area contributed by atoms with Gasteiger partial charge in [-0.3, -0.25) is 9.59 Å². The highest BCUT2D eigenvalue weighted by Crippen LogP contribution is 2.26. The van der Waals surface area contributed by atoms with Crippen LogP contribution in [0.25, 0.3) is 0 Å². The van der Waals surface area contributed by atoms with Crippen molar-refractivity contribution >= 4 is 11.9 Å². The zero-order valence-corrected chi connectivity index (χ0v) is 48.8. The van der Waals surface area contributed by atoms with Crippen LogP contribution in [0.2, 0.25) is 0 Å². The minimum Gasteiger partial charge on any atom is -0.454 e. The lowest BCUT2D eigenvalue weighted by molar-refractivity contribution is -0.305. The number of carbonyl (C=O) groups is 2. The Hall–Kier alpha value is -3.42. The molecule has 1 amide bonds. The highest BCUT2D eigenvalue weighted by molar-refractivity contribution is 5.80. The van der Waals surface area contributed by atoms with Gasteiger partial charge in [0.1, 0.15) is 24.4 Å². The number of rotatable bonds is 51. The quantitative estimate of drug-likeness (QED) is 0.0195. The van der Waals surface area contributed by atoms with Crippen LogP contribution in [0.1, 0.15) is 245 Å². The second-order valence-corrected chi connectivity index (χ2v) is 21.0. The number of aliphatic hydroxyl groups is 5. The fourth-order valence-electron chi connectivity index (χ4n) is 9.05. The van der Waals surface area contributed by atoms with E-state index < -0.39 is 67.4 Å². The highest BCUT2D eigenvalue weighted by Gasteiger charge is 2.47. The van der Waals surface area contributed by atoms with Crippen LogP contribution < -0.4 is 5.32 Å². The third-order valence-corrected chi connectivity index (χ3v) is 14.0. The molecule has 77 heavy (non-hydrogen) atoms. The summed E-state index contributed by atoms with van der Waals surface area (Å²) >= 11 is 0. The van der Waals surface area contributed by atoms with E-state index in [-0.39, 0.29) is 19.4 Å². The first kappa shape index (κ1) is 71.6. The van der Waals surface area contributed by atoms with E-state index in [9.17, 15) is 35.1 Å². The molecule has 11 nitrogen and oxygen atoms in total. The Bertz CT molecular complexity index is 1620. The summed E-state index contributed by atoms with van der Waals surface area (Å²) in [5.41, 5.74) is 0. The van der Waals surface area contributed by atoms with Crippen LogP contribution in [0.15, 0.2) is 97.2 Å². The number of esters is 1. The molecular weight excluding hydrogens is 967 g/mol. The van der Waals surface area contributed by atoms with Crippen LogP contribution >= 0.6 is 0 Å². The molecule has 1 fully saturated rings. The van der Waals surface area contributed by atoms with Crippen molar-refractivity contribution in [1.29, 1.82) is 0 Å². The topological polar surface area (TPSA) is 175 Å². The lowest BCUT2D eigenvalue weighted by Gasteiger charge is -2.41. The van der Waals surface area contributed by atoms with E-state index in [2.05, 4.69) is 111 Å². The van der Waals surface area contributed by atoms with Crippen molar-refractivity contribution in [3.05, 3.63) is 97.2 Å². The lowest BCUT2D eigenvalue weighted by atomic mass is 9.99. The van der Waals surface area contributed by atoms with Gasteiger partial charge in [0, 0.05) is 6.42 Å². The second kappa shape index (κ2) is 53.2. The molecule has 1 saturated heterocycles. The molecule has 0 radical (unpaired) electrons. The second-order valence-electron chi connectivity index (χ2n) is 21.0. The van der Waals surface area contributed by atoms with Crippen molar-refractivity contribution in [3.8, 4) is 0 Å². The fourth-order valence-corrected chi connectivity index (χ4v) is 9.05. The van der Waals surface area contributed by atoms with E-state index in [0.717, 1.165) is 128 Å². The molecule has 8 atom stereocenters. The van der Waals surface area contributed by atoms with Crippen LogP contribution in [0.5, 0.6) is 0 Å². The summed E-state index contributed by atoms with van der Waals surface area (Å²) in [5.74, 6) is -1.23. The largest absolute Gasteiger partial charge is 0.454 e. The van der Waals surface area contributed by atoms with Gasteiger partial charge in [-0.15, -0.1) is 0 Å². The van der Waals surface area contributed by atoms with E-state index in [1.807, 2.05) is 6.08 Å². The molecule has 0 aliphatic carbocycles. The van der Waals surface area contributed by atoms with E-state index in [4.69, 9.17) is 14.2 Å². The summed E-state index contributed by atoms with van der Waals surface area (Å²) in [4.78, 5) is 26.5. The predicted octanol–water partition coefficient (Wildman–Crippen LogP) is 14.7. The van der Waals surface area contributed by atoms with E-state index in [0.29, 0.717) is 12.8 Å². The van der Waals surface area contributed by atoms with Crippen LogP contribution in [0.4, 0.5) is 0 Å². The van der Waals surface area contributed by atoms with Gasteiger partial charge in [-0.2, -0.15) is 0 Å². The number of allylic oxidation sites excluding steroid dienone is 15. The number of amides is 1. The molecule has 0 aromatic heterocycles. The molecule has 0 aromatic carbocycles. The molecule has 1 heterocycles.